The molecule has 0 amide bonds. The first kappa shape index (κ1) is 31.0. The van der Waals surface area contributed by atoms with Crippen LogP contribution in [-0.4, -0.2) is 29.5 Å². The minimum atomic E-state index is 0.628. The first-order chi connectivity index (χ1) is 27.3. The van der Waals surface area contributed by atoms with Gasteiger partial charge in [0.1, 0.15) is 0 Å². The topological polar surface area (TPSA) is 69.4 Å². The standard InChI is InChI=1S/C49H30N6/c1-3-13-31(14-4-1)47-52-48(32-15-5-2-6-16-32)54-49(53-47)35-19-11-17-33(27-35)34-18-12-20-36(28-34)55-43-24-10-9-22-38(43)41-29-40-37-21-7-8-23-39(37)45-46(51-26-25-50-45)42(40)30-44(41)55/h1-30H. The van der Waals surface area contributed by atoms with Gasteiger partial charge in [0, 0.05) is 56.3 Å². The van der Waals surface area contributed by atoms with E-state index in [4.69, 9.17) is 24.9 Å². The maximum atomic E-state index is 4.99. The van der Waals surface area contributed by atoms with Crippen molar-refractivity contribution in [1.82, 2.24) is 29.5 Å². The van der Waals surface area contributed by atoms with Gasteiger partial charge in [0.2, 0.25) is 0 Å². The zero-order valence-corrected chi connectivity index (χ0v) is 29.5. The lowest BCUT2D eigenvalue weighted by atomic mass is 9.97. The Kier molecular flexibility index (Phi) is 7.07. The van der Waals surface area contributed by atoms with E-state index < -0.39 is 0 Å². The molecular formula is C49H30N6. The van der Waals surface area contributed by atoms with Gasteiger partial charge in [-0.05, 0) is 58.3 Å². The predicted molar refractivity (Wildman–Crippen MR) is 224 cm³/mol. The third-order valence-electron chi connectivity index (χ3n) is 10.5. The van der Waals surface area contributed by atoms with Gasteiger partial charge in [0.15, 0.2) is 17.5 Å². The molecule has 0 aliphatic heterocycles. The van der Waals surface area contributed by atoms with Crippen LogP contribution in [0.1, 0.15) is 0 Å². The van der Waals surface area contributed by atoms with Crippen LogP contribution in [0, 0.1) is 0 Å². The Labute approximate surface area is 316 Å². The van der Waals surface area contributed by atoms with E-state index in [9.17, 15) is 0 Å². The third-order valence-corrected chi connectivity index (χ3v) is 10.5. The smallest absolute Gasteiger partial charge is 0.164 e. The van der Waals surface area contributed by atoms with E-state index in [1.54, 1.807) is 12.4 Å². The molecule has 0 saturated carbocycles. The van der Waals surface area contributed by atoms with Gasteiger partial charge in [0.05, 0.1) is 22.1 Å². The quantitative estimate of drug-likeness (QED) is 0.167. The molecule has 6 nitrogen and oxygen atoms in total. The summed E-state index contributed by atoms with van der Waals surface area (Å²) in [6.45, 7) is 0. The number of hydrogen-bond acceptors (Lipinski definition) is 5. The van der Waals surface area contributed by atoms with Crippen molar-refractivity contribution < 1.29 is 0 Å². The van der Waals surface area contributed by atoms with E-state index in [0.29, 0.717) is 17.5 Å². The molecule has 0 N–H and O–H groups in total. The summed E-state index contributed by atoms with van der Waals surface area (Å²) in [4.78, 5) is 24.5. The molecule has 6 heteroatoms. The van der Waals surface area contributed by atoms with Gasteiger partial charge in [0.25, 0.3) is 0 Å². The minimum Gasteiger partial charge on any atom is -0.309 e. The molecule has 0 bridgehead atoms. The van der Waals surface area contributed by atoms with Gasteiger partial charge < -0.3 is 4.57 Å². The Morgan fingerprint density at radius 2 is 0.836 bits per heavy atom. The van der Waals surface area contributed by atoms with Crippen molar-refractivity contribution in [2.45, 2.75) is 0 Å². The van der Waals surface area contributed by atoms with Gasteiger partial charge >= 0.3 is 0 Å². The molecule has 0 radical (unpaired) electrons. The zero-order chi connectivity index (χ0) is 36.3. The molecule has 0 aliphatic rings. The molecular weight excluding hydrogens is 673 g/mol. The lowest BCUT2D eigenvalue weighted by molar-refractivity contribution is 1.07. The molecule has 8 aromatic carbocycles. The van der Waals surface area contributed by atoms with Crippen LogP contribution in [0.5, 0.6) is 0 Å². The molecule has 3 heterocycles. The van der Waals surface area contributed by atoms with Crippen molar-refractivity contribution >= 4 is 54.4 Å². The number of para-hydroxylation sites is 1. The van der Waals surface area contributed by atoms with Crippen LogP contribution in [0.2, 0.25) is 0 Å². The molecule has 3 aromatic heterocycles. The fourth-order valence-electron chi connectivity index (χ4n) is 7.97. The van der Waals surface area contributed by atoms with Gasteiger partial charge in [-0.1, -0.05) is 133 Å². The van der Waals surface area contributed by atoms with Crippen LogP contribution in [0.4, 0.5) is 0 Å². The second kappa shape index (κ2) is 12.5. The third kappa shape index (κ3) is 5.15. The van der Waals surface area contributed by atoms with Gasteiger partial charge in [-0.2, -0.15) is 0 Å². The molecule has 0 fully saturated rings. The second-order valence-electron chi connectivity index (χ2n) is 13.7. The van der Waals surface area contributed by atoms with E-state index in [1.807, 2.05) is 60.7 Å². The minimum absolute atomic E-state index is 0.628. The Balaban J connectivity index is 1.08. The maximum absolute atomic E-state index is 4.99. The summed E-state index contributed by atoms with van der Waals surface area (Å²) in [5.74, 6) is 1.91. The molecule has 11 rings (SSSR count). The largest absolute Gasteiger partial charge is 0.309 e. The highest BCUT2D eigenvalue weighted by molar-refractivity contribution is 6.27. The van der Waals surface area contributed by atoms with Crippen molar-refractivity contribution in [2.24, 2.45) is 0 Å². The van der Waals surface area contributed by atoms with Gasteiger partial charge in [-0.25, -0.2) is 15.0 Å². The normalized spacial score (nSPS) is 11.6. The molecule has 55 heavy (non-hydrogen) atoms. The van der Waals surface area contributed by atoms with Crippen molar-refractivity contribution in [3.63, 3.8) is 0 Å². The summed E-state index contributed by atoms with van der Waals surface area (Å²) in [6.07, 6.45) is 3.57. The number of rotatable bonds is 5. The fourth-order valence-corrected chi connectivity index (χ4v) is 7.97. The number of nitrogens with zero attached hydrogens (tertiary/aromatic N) is 6. The van der Waals surface area contributed by atoms with Gasteiger partial charge in [-0.15, -0.1) is 0 Å². The number of fused-ring (bicyclic) bond motifs is 9. The molecule has 0 saturated heterocycles. The summed E-state index contributed by atoms with van der Waals surface area (Å²) in [7, 11) is 0. The van der Waals surface area contributed by atoms with Crippen LogP contribution in [-0.2, 0) is 0 Å². The van der Waals surface area contributed by atoms with E-state index in [1.165, 1.54) is 21.5 Å². The summed E-state index contributed by atoms with van der Waals surface area (Å²) in [6, 6.07) is 59.2. The SMILES string of the molecule is c1ccc(-c2nc(-c3ccccc3)nc(-c3cccc(-c4cccc(-n5c6ccccc6c6cc7c8ccccc8c8nccnc8c7cc65)c4)c3)n2)cc1. The summed E-state index contributed by atoms with van der Waals surface area (Å²) in [5.41, 5.74) is 10.1. The van der Waals surface area contributed by atoms with Crippen molar-refractivity contribution in [2.75, 3.05) is 0 Å². The molecule has 11 aromatic rings. The average molecular weight is 703 g/mol. The lowest BCUT2D eigenvalue weighted by Gasteiger charge is -2.13. The van der Waals surface area contributed by atoms with Gasteiger partial charge in [-0.3, -0.25) is 9.97 Å². The van der Waals surface area contributed by atoms with E-state index in [-0.39, 0.29) is 0 Å². The van der Waals surface area contributed by atoms with Crippen LogP contribution in [0.25, 0.3) is 105 Å². The Morgan fingerprint density at radius 1 is 0.309 bits per heavy atom. The summed E-state index contributed by atoms with van der Waals surface area (Å²) in [5, 5.41) is 6.95. The number of hydrogen-bond donors (Lipinski definition) is 0. The van der Waals surface area contributed by atoms with Crippen LogP contribution in [0.3, 0.4) is 0 Å². The predicted octanol–water partition coefficient (Wildman–Crippen LogP) is 11.9. The van der Waals surface area contributed by atoms with Crippen molar-refractivity contribution in [3.8, 4) is 51.0 Å². The summed E-state index contributed by atoms with van der Waals surface area (Å²) >= 11 is 0. The van der Waals surface area contributed by atoms with Crippen molar-refractivity contribution in [1.29, 1.82) is 0 Å². The first-order valence-corrected chi connectivity index (χ1v) is 18.3. The first-order valence-electron chi connectivity index (χ1n) is 18.3. The highest BCUT2D eigenvalue weighted by atomic mass is 15.0. The Bertz CT molecular complexity index is 3200. The number of aromatic nitrogens is 6. The zero-order valence-electron chi connectivity index (χ0n) is 29.5. The van der Waals surface area contributed by atoms with E-state index in [0.717, 1.165) is 66.3 Å². The average Bonchev–Trinajstić information content (AvgIpc) is 3.60. The highest BCUT2D eigenvalue weighted by Gasteiger charge is 2.18. The second-order valence-corrected chi connectivity index (χ2v) is 13.7. The Morgan fingerprint density at radius 3 is 1.55 bits per heavy atom. The molecule has 0 spiro atoms. The van der Waals surface area contributed by atoms with Crippen molar-refractivity contribution in [3.05, 3.63) is 182 Å². The van der Waals surface area contributed by atoms with Crippen LogP contribution < -0.4 is 0 Å². The lowest BCUT2D eigenvalue weighted by Crippen LogP contribution is -2.00. The van der Waals surface area contributed by atoms with Crippen LogP contribution >= 0.6 is 0 Å². The monoisotopic (exact) mass is 702 g/mol. The molecule has 0 atom stereocenters. The highest BCUT2D eigenvalue weighted by Crippen LogP contribution is 2.40. The van der Waals surface area contributed by atoms with E-state index in [2.05, 4.69) is 114 Å². The summed E-state index contributed by atoms with van der Waals surface area (Å²) < 4.78 is 2.37. The fraction of sp³-hybridized carbons (Fsp3) is 0. The molecule has 0 aliphatic carbocycles. The Hall–Kier alpha value is -7.57. The number of benzene rings is 8. The van der Waals surface area contributed by atoms with E-state index >= 15 is 0 Å². The molecule has 0 unspecified atom stereocenters. The maximum Gasteiger partial charge on any atom is 0.164 e. The molecule has 256 valence electrons. The van der Waals surface area contributed by atoms with Crippen LogP contribution in [0.15, 0.2) is 182 Å².